The normalized spacial score (nSPS) is 12.8. The van der Waals surface area contributed by atoms with Crippen LogP contribution in [0.4, 0.5) is 5.69 Å². The van der Waals surface area contributed by atoms with Crippen LogP contribution < -0.4 is 5.32 Å². The fourth-order valence-corrected chi connectivity index (χ4v) is 2.13. The van der Waals surface area contributed by atoms with Crippen molar-refractivity contribution in [2.75, 3.05) is 6.61 Å². The van der Waals surface area contributed by atoms with Crippen LogP contribution in [0.3, 0.4) is 0 Å². The van der Waals surface area contributed by atoms with Gasteiger partial charge in [0.1, 0.15) is 12.6 Å². The number of nitro benzene ring substituents is 1. The zero-order valence-electron chi connectivity index (χ0n) is 13.8. The Kier molecular flexibility index (Phi) is 8.27. The second-order valence-electron chi connectivity index (χ2n) is 5.10. The molecule has 9 nitrogen and oxygen atoms in total. The van der Waals surface area contributed by atoms with Gasteiger partial charge in [0, 0.05) is 26.0 Å². The van der Waals surface area contributed by atoms with Crippen LogP contribution >= 0.6 is 23.2 Å². The Morgan fingerprint density at radius 3 is 2.15 bits per heavy atom. The van der Waals surface area contributed by atoms with E-state index in [1.54, 1.807) is 0 Å². The van der Waals surface area contributed by atoms with E-state index in [1.165, 1.54) is 24.3 Å². The lowest BCUT2D eigenvalue weighted by Crippen LogP contribution is -2.46. The minimum Gasteiger partial charge on any atom is -0.464 e. The maximum Gasteiger partial charge on any atom is 0.303 e. The molecule has 1 N–H and O–H groups in total. The Labute approximate surface area is 158 Å². The largest absolute Gasteiger partial charge is 0.464 e. The smallest absolute Gasteiger partial charge is 0.303 e. The van der Waals surface area contributed by atoms with E-state index in [4.69, 9.17) is 32.7 Å². The van der Waals surface area contributed by atoms with Crippen molar-refractivity contribution in [3.63, 3.8) is 0 Å². The number of carbonyl (C=O) groups is 3. The van der Waals surface area contributed by atoms with Crippen molar-refractivity contribution in [2.45, 2.75) is 30.8 Å². The topological polar surface area (TPSA) is 125 Å². The van der Waals surface area contributed by atoms with Crippen LogP contribution in [-0.4, -0.2) is 40.3 Å². The van der Waals surface area contributed by atoms with Crippen LogP contribution in [0.2, 0.25) is 0 Å². The monoisotopic (exact) mass is 406 g/mol. The van der Waals surface area contributed by atoms with Crippen LogP contribution in [0.1, 0.15) is 25.5 Å². The van der Waals surface area contributed by atoms with Crippen LogP contribution in [0.25, 0.3) is 0 Å². The van der Waals surface area contributed by atoms with Crippen molar-refractivity contribution >= 4 is 46.7 Å². The second kappa shape index (κ2) is 9.93. The van der Waals surface area contributed by atoms with Crippen molar-refractivity contribution in [2.24, 2.45) is 0 Å². The van der Waals surface area contributed by atoms with Gasteiger partial charge in [0.2, 0.25) is 0 Å². The molecule has 0 aliphatic heterocycles. The molecule has 0 bridgehead atoms. The molecule has 1 aromatic rings. The zero-order chi connectivity index (χ0) is 19.9. The summed E-state index contributed by atoms with van der Waals surface area (Å²) >= 11 is 11.0. The lowest BCUT2D eigenvalue weighted by atomic mass is 10.0. The number of hydrogen-bond donors (Lipinski definition) is 1. The van der Waals surface area contributed by atoms with Gasteiger partial charge in [0.05, 0.1) is 4.92 Å². The molecule has 1 rings (SSSR count). The highest BCUT2D eigenvalue weighted by molar-refractivity contribution is 6.53. The molecule has 0 fully saturated rings. The number of benzene rings is 1. The molecule has 0 aromatic heterocycles. The summed E-state index contributed by atoms with van der Waals surface area (Å²) in [5.41, 5.74) is 0.168. The third-order valence-electron chi connectivity index (χ3n) is 3.08. The van der Waals surface area contributed by atoms with Crippen molar-refractivity contribution < 1.29 is 28.8 Å². The summed E-state index contributed by atoms with van der Waals surface area (Å²) in [6.07, 6.45) is -1.09. The van der Waals surface area contributed by atoms with Crippen molar-refractivity contribution in [3.05, 3.63) is 39.9 Å². The molecule has 0 saturated carbocycles. The molecule has 0 radical (unpaired) electrons. The molecular weight excluding hydrogens is 391 g/mol. The van der Waals surface area contributed by atoms with E-state index < -0.39 is 39.8 Å². The predicted molar refractivity (Wildman–Crippen MR) is 91.7 cm³/mol. The van der Waals surface area contributed by atoms with Crippen LogP contribution in [-0.2, 0) is 23.9 Å². The first-order valence-corrected chi connectivity index (χ1v) is 8.12. The molecule has 0 aliphatic carbocycles. The number of nitro groups is 1. The SMILES string of the molecule is CC(=O)OCC(NC(=O)C(Cl)Cl)C(OC(C)=O)c1ccc([N+](=O)[O-])cc1. The molecule has 1 amide bonds. The third-order valence-corrected chi connectivity index (χ3v) is 3.48. The number of hydrogen-bond acceptors (Lipinski definition) is 7. The molecule has 0 heterocycles. The Bertz CT molecular complexity index is 679. The quantitative estimate of drug-likeness (QED) is 0.303. The van der Waals surface area contributed by atoms with Crippen LogP contribution in [0.5, 0.6) is 0 Å². The fourth-order valence-electron chi connectivity index (χ4n) is 2.00. The average Bonchev–Trinajstić information content (AvgIpc) is 2.56. The maximum atomic E-state index is 11.8. The molecule has 142 valence electrons. The Balaban J connectivity index is 3.18. The predicted octanol–water partition coefficient (Wildman–Crippen LogP) is 2.05. The van der Waals surface area contributed by atoms with E-state index >= 15 is 0 Å². The Hall–Kier alpha value is -2.39. The van der Waals surface area contributed by atoms with E-state index in [0.29, 0.717) is 5.56 Å². The molecular formula is C15H16Cl2N2O7. The minimum atomic E-state index is -1.40. The summed E-state index contributed by atoms with van der Waals surface area (Å²) in [6.45, 7) is 1.98. The number of nitrogens with zero attached hydrogens (tertiary/aromatic N) is 1. The summed E-state index contributed by atoms with van der Waals surface area (Å²) in [4.78, 5) is 43.2. The molecule has 2 atom stereocenters. The molecule has 2 unspecified atom stereocenters. The molecule has 1 aromatic carbocycles. The van der Waals surface area contributed by atoms with Gasteiger partial charge in [0.15, 0.2) is 10.9 Å². The van der Waals surface area contributed by atoms with Crippen LogP contribution in [0, 0.1) is 10.1 Å². The summed E-state index contributed by atoms with van der Waals surface area (Å²) in [7, 11) is 0. The molecule has 0 spiro atoms. The number of halogens is 2. The van der Waals surface area contributed by atoms with Gasteiger partial charge in [-0.25, -0.2) is 0 Å². The van der Waals surface area contributed by atoms with E-state index in [2.05, 4.69) is 5.32 Å². The number of non-ortho nitro benzene ring substituents is 1. The summed E-state index contributed by atoms with van der Waals surface area (Å²) in [5.74, 6) is -2.09. The van der Waals surface area contributed by atoms with E-state index in [1.807, 2.05) is 0 Å². The van der Waals surface area contributed by atoms with E-state index in [-0.39, 0.29) is 12.3 Å². The number of rotatable bonds is 8. The zero-order valence-corrected chi connectivity index (χ0v) is 15.3. The van der Waals surface area contributed by atoms with Gasteiger partial charge in [-0.3, -0.25) is 24.5 Å². The molecule has 11 heteroatoms. The lowest BCUT2D eigenvalue weighted by Gasteiger charge is -2.27. The number of esters is 2. The van der Waals surface area contributed by atoms with Gasteiger partial charge in [-0.15, -0.1) is 0 Å². The molecule has 0 saturated heterocycles. The van der Waals surface area contributed by atoms with Gasteiger partial charge in [-0.05, 0) is 17.7 Å². The number of amides is 1. The highest BCUT2D eigenvalue weighted by Gasteiger charge is 2.30. The molecule has 26 heavy (non-hydrogen) atoms. The number of alkyl halides is 2. The Morgan fingerprint density at radius 1 is 1.15 bits per heavy atom. The number of nitrogens with one attached hydrogen (secondary N) is 1. The van der Waals surface area contributed by atoms with Gasteiger partial charge in [-0.2, -0.15) is 0 Å². The van der Waals surface area contributed by atoms with Crippen molar-refractivity contribution in [1.82, 2.24) is 5.32 Å². The van der Waals surface area contributed by atoms with Gasteiger partial charge in [-0.1, -0.05) is 23.2 Å². The molecule has 0 aliphatic rings. The van der Waals surface area contributed by atoms with E-state index in [9.17, 15) is 24.5 Å². The Morgan fingerprint density at radius 2 is 1.73 bits per heavy atom. The first-order chi connectivity index (χ1) is 12.1. The van der Waals surface area contributed by atoms with Gasteiger partial charge < -0.3 is 14.8 Å². The average molecular weight is 407 g/mol. The highest BCUT2D eigenvalue weighted by atomic mass is 35.5. The second-order valence-corrected chi connectivity index (χ2v) is 6.19. The summed E-state index contributed by atoms with van der Waals surface area (Å²) in [5, 5.41) is 13.2. The number of ether oxygens (including phenoxy) is 2. The van der Waals surface area contributed by atoms with Gasteiger partial charge >= 0.3 is 11.9 Å². The minimum absolute atomic E-state index is 0.169. The lowest BCUT2D eigenvalue weighted by molar-refractivity contribution is -0.384. The maximum absolute atomic E-state index is 11.8. The first kappa shape index (κ1) is 21.7. The highest BCUT2D eigenvalue weighted by Crippen LogP contribution is 2.25. The summed E-state index contributed by atoms with van der Waals surface area (Å²) < 4.78 is 10.1. The van der Waals surface area contributed by atoms with Crippen molar-refractivity contribution in [3.8, 4) is 0 Å². The van der Waals surface area contributed by atoms with Gasteiger partial charge in [0.25, 0.3) is 11.6 Å². The fraction of sp³-hybridized carbons (Fsp3) is 0.400. The van der Waals surface area contributed by atoms with Crippen LogP contribution in [0.15, 0.2) is 24.3 Å². The number of carbonyl (C=O) groups excluding carboxylic acids is 3. The van der Waals surface area contributed by atoms with E-state index in [0.717, 1.165) is 13.8 Å². The standard InChI is InChI=1S/C15H16Cl2N2O7/c1-8(20)25-7-12(18-15(22)14(16)17)13(26-9(2)21)10-3-5-11(6-4-10)19(23)24/h3-6,12-14H,7H2,1-2H3,(H,18,22). The third kappa shape index (κ3) is 6.85. The summed E-state index contributed by atoms with van der Waals surface area (Å²) in [6, 6.07) is 4.12. The first-order valence-electron chi connectivity index (χ1n) is 7.25. The van der Waals surface area contributed by atoms with Crippen molar-refractivity contribution in [1.29, 1.82) is 0 Å².